The summed E-state index contributed by atoms with van der Waals surface area (Å²) in [5.41, 5.74) is 3.10. The minimum Gasteiger partial charge on any atom is -0.497 e. The fourth-order valence-corrected chi connectivity index (χ4v) is 2.17. The molecule has 0 saturated carbocycles. The van der Waals surface area contributed by atoms with Crippen LogP contribution in [0.2, 0.25) is 0 Å². The van der Waals surface area contributed by atoms with Gasteiger partial charge in [-0.25, -0.2) is 0 Å². The molecule has 112 valence electrons. The molecule has 1 aromatic heterocycles. The zero-order chi connectivity index (χ0) is 15.2. The topological polar surface area (TPSA) is 56.1 Å². The van der Waals surface area contributed by atoms with Gasteiger partial charge in [-0.1, -0.05) is 12.1 Å². The fourth-order valence-electron chi connectivity index (χ4n) is 2.17. The molecule has 0 radical (unpaired) electrons. The smallest absolute Gasteiger partial charge is 0.241 e. The van der Waals surface area contributed by atoms with E-state index in [1.54, 1.807) is 11.8 Å². The molecule has 2 rings (SSSR count). The van der Waals surface area contributed by atoms with E-state index in [1.807, 2.05) is 44.2 Å². The van der Waals surface area contributed by atoms with Gasteiger partial charge in [-0.15, -0.1) is 0 Å². The van der Waals surface area contributed by atoms with Crippen molar-refractivity contribution in [1.29, 1.82) is 0 Å². The van der Waals surface area contributed by atoms with E-state index in [0.717, 1.165) is 23.6 Å². The zero-order valence-electron chi connectivity index (χ0n) is 12.7. The van der Waals surface area contributed by atoms with Gasteiger partial charge in [-0.2, -0.15) is 5.10 Å². The Morgan fingerprint density at radius 2 is 2.00 bits per heavy atom. The third-order valence-corrected chi connectivity index (χ3v) is 3.29. The van der Waals surface area contributed by atoms with Crippen LogP contribution in [-0.4, -0.2) is 29.3 Å². The molecule has 1 amide bonds. The summed E-state index contributed by atoms with van der Waals surface area (Å²) in [7, 11) is 1.65. The quantitative estimate of drug-likeness (QED) is 0.882. The standard InChI is InChI=1S/C16H21N3O2/c1-12-10-13(2)19(18-12)11-16(20)17-9-8-14-4-6-15(21-3)7-5-14/h4-7,10H,8-9,11H2,1-3H3,(H,17,20). The molecule has 0 aliphatic heterocycles. The Morgan fingerprint density at radius 3 is 2.57 bits per heavy atom. The number of methoxy groups -OCH3 is 1. The molecule has 2 aromatic rings. The molecule has 21 heavy (non-hydrogen) atoms. The second-order valence-electron chi connectivity index (χ2n) is 5.03. The predicted octanol–water partition coefficient (Wildman–Crippen LogP) is 1.87. The minimum atomic E-state index is -0.0188. The number of aromatic nitrogens is 2. The minimum absolute atomic E-state index is 0.0188. The van der Waals surface area contributed by atoms with Gasteiger partial charge in [0.15, 0.2) is 0 Å². The van der Waals surface area contributed by atoms with E-state index in [2.05, 4.69) is 10.4 Å². The fraction of sp³-hybridized carbons (Fsp3) is 0.375. The van der Waals surface area contributed by atoms with Crippen LogP contribution >= 0.6 is 0 Å². The molecule has 1 heterocycles. The predicted molar refractivity (Wildman–Crippen MR) is 81.4 cm³/mol. The molecular weight excluding hydrogens is 266 g/mol. The van der Waals surface area contributed by atoms with Gasteiger partial charge in [0.2, 0.25) is 5.91 Å². The Labute approximate surface area is 124 Å². The van der Waals surface area contributed by atoms with Crippen LogP contribution in [0.1, 0.15) is 17.0 Å². The third kappa shape index (κ3) is 4.34. The van der Waals surface area contributed by atoms with E-state index < -0.39 is 0 Å². The number of carbonyl (C=O) groups is 1. The normalized spacial score (nSPS) is 10.4. The van der Waals surface area contributed by atoms with Crippen molar-refractivity contribution in [3.63, 3.8) is 0 Å². The van der Waals surface area contributed by atoms with Crippen molar-refractivity contribution >= 4 is 5.91 Å². The highest BCUT2D eigenvalue weighted by Gasteiger charge is 2.06. The van der Waals surface area contributed by atoms with Gasteiger partial charge in [0, 0.05) is 12.2 Å². The summed E-state index contributed by atoms with van der Waals surface area (Å²) >= 11 is 0. The SMILES string of the molecule is COc1ccc(CCNC(=O)Cn2nc(C)cc2C)cc1. The molecule has 5 nitrogen and oxygen atoms in total. The Balaban J connectivity index is 1.77. The monoisotopic (exact) mass is 287 g/mol. The number of rotatable bonds is 6. The van der Waals surface area contributed by atoms with Gasteiger partial charge in [0.25, 0.3) is 0 Å². The van der Waals surface area contributed by atoms with Crippen molar-refractivity contribution in [1.82, 2.24) is 15.1 Å². The van der Waals surface area contributed by atoms with Crippen LogP contribution in [0.4, 0.5) is 0 Å². The van der Waals surface area contributed by atoms with Crippen LogP contribution in [0, 0.1) is 13.8 Å². The number of hydrogen-bond acceptors (Lipinski definition) is 3. The second-order valence-corrected chi connectivity index (χ2v) is 5.03. The van der Waals surface area contributed by atoms with Gasteiger partial charge in [-0.3, -0.25) is 9.48 Å². The first-order valence-electron chi connectivity index (χ1n) is 6.99. The summed E-state index contributed by atoms with van der Waals surface area (Å²) in [5.74, 6) is 0.821. The van der Waals surface area contributed by atoms with E-state index in [4.69, 9.17) is 4.74 Å². The highest BCUT2D eigenvalue weighted by atomic mass is 16.5. The number of ether oxygens (including phenoxy) is 1. The number of hydrogen-bond donors (Lipinski definition) is 1. The Hall–Kier alpha value is -2.30. The zero-order valence-corrected chi connectivity index (χ0v) is 12.7. The van der Waals surface area contributed by atoms with Crippen molar-refractivity contribution in [3.8, 4) is 5.75 Å². The van der Waals surface area contributed by atoms with Crippen molar-refractivity contribution in [2.45, 2.75) is 26.8 Å². The summed E-state index contributed by atoms with van der Waals surface area (Å²) in [6, 6.07) is 9.82. The molecule has 1 aromatic carbocycles. The van der Waals surface area contributed by atoms with E-state index in [9.17, 15) is 4.79 Å². The van der Waals surface area contributed by atoms with Gasteiger partial charge in [-0.05, 0) is 44.0 Å². The molecule has 0 aliphatic carbocycles. The molecule has 1 N–H and O–H groups in total. The molecule has 5 heteroatoms. The van der Waals surface area contributed by atoms with Crippen LogP contribution in [-0.2, 0) is 17.8 Å². The van der Waals surface area contributed by atoms with Gasteiger partial charge < -0.3 is 10.1 Å². The summed E-state index contributed by atoms with van der Waals surface area (Å²) in [4.78, 5) is 11.9. The number of nitrogens with zero attached hydrogens (tertiary/aromatic N) is 2. The number of carbonyl (C=O) groups excluding carboxylic acids is 1. The molecule has 0 fully saturated rings. The van der Waals surface area contributed by atoms with Crippen LogP contribution in [0.5, 0.6) is 5.75 Å². The maximum atomic E-state index is 11.9. The van der Waals surface area contributed by atoms with Crippen molar-refractivity contribution < 1.29 is 9.53 Å². The average molecular weight is 287 g/mol. The van der Waals surface area contributed by atoms with Gasteiger partial charge in [0.05, 0.1) is 12.8 Å². The van der Waals surface area contributed by atoms with Crippen LogP contribution in [0.15, 0.2) is 30.3 Å². The van der Waals surface area contributed by atoms with Crippen molar-refractivity contribution in [2.24, 2.45) is 0 Å². The summed E-state index contributed by atoms with van der Waals surface area (Å²) in [6.07, 6.45) is 0.798. The molecule has 0 spiro atoms. The molecule has 0 aliphatic rings. The average Bonchev–Trinajstić information content (AvgIpc) is 2.77. The van der Waals surface area contributed by atoms with Crippen molar-refractivity contribution in [3.05, 3.63) is 47.3 Å². The Kier molecular flexibility index (Phi) is 4.98. The van der Waals surface area contributed by atoms with E-state index in [-0.39, 0.29) is 12.5 Å². The first-order chi connectivity index (χ1) is 10.1. The summed E-state index contributed by atoms with van der Waals surface area (Å²) in [6.45, 7) is 4.75. The summed E-state index contributed by atoms with van der Waals surface area (Å²) in [5, 5.41) is 7.19. The maximum Gasteiger partial charge on any atom is 0.241 e. The second kappa shape index (κ2) is 6.92. The lowest BCUT2D eigenvalue weighted by molar-refractivity contribution is -0.121. The Morgan fingerprint density at radius 1 is 1.29 bits per heavy atom. The first kappa shape index (κ1) is 15.1. The lowest BCUT2D eigenvalue weighted by Gasteiger charge is -2.07. The molecule has 0 saturated heterocycles. The van der Waals surface area contributed by atoms with Crippen LogP contribution in [0.25, 0.3) is 0 Å². The lowest BCUT2D eigenvalue weighted by Crippen LogP contribution is -2.30. The lowest BCUT2D eigenvalue weighted by atomic mass is 10.1. The molecule has 0 bridgehead atoms. The van der Waals surface area contributed by atoms with Crippen molar-refractivity contribution in [2.75, 3.05) is 13.7 Å². The van der Waals surface area contributed by atoms with E-state index in [0.29, 0.717) is 6.54 Å². The van der Waals surface area contributed by atoms with Crippen LogP contribution < -0.4 is 10.1 Å². The van der Waals surface area contributed by atoms with Crippen LogP contribution in [0.3, 0.4) is 0 Å². The van der Waals surface area contributed by atoms with Gasteiger partial charge in [0.1, 0.15) is 12.3 Å². The largest absolute Gasteiger partial charge is 0.497 e. The summed E-state index contributed by atoms with van der Waals surface area (Å²) < 4.78 is 6.83. The Bertz CT molecular complexity index is 602. The molecular formula is C16H21N3O2. The number of aryl methyl sites for hydroxylation is 2. The molecule has 0 atom stereocenters. The number of nitrogens with one attached hydrogen (secondary N) is 1. The maximum absolute atomic E-state index is 11.9. The van der Waals surface area contributed by atoms with Gasteiger partial charge >= 0.3 is 0 Å². The molecule has 0 unspecified atom stereocenters. The highest BCUT2D eigenvalue weighted by molar-refractivity contribution is 5.75. The van der Waals surface area contributed by atoms with E-state index in [1.165, 1.54) is 5.56 Å². The number of amides is 1. The third-order valence-electron chi connectivity index (χ3n) is 3.29. The number of benzene rings is 1. The van der Waals surface area contributed by atoms with E-state index >= 15 is 0 Å². The highest BCUT2D eigenvalue weighted by Crippen LogP contribution is 2.11. The first-order valence-corrected chi connectivity index (χ1v) is 6.99.